The second-order valence-electron chi connectivity index (χ2n) is 5.89. The van der Waals surface area contributed by atoms with Crippen LogP contribution in [0.5, 0.6) is 23.0 Å². The largest absolute Gasteiger partial charge is 0.493 e. The SMILES string of the molecule is COc1ccc(C/C(C)=C/c2cc(OC)c(OC)c(OC)c2)cc1[N+](=O)[O-]. The molecule has 2 rings (SSSR count). The van der Waals surface area contributed by atoms with Gasteiger partial charge < -0.3 is 18.9 Å². The number of methoxy groups -OCH3 is 4. The smallest absolute Gasteiger partial charge is 0.311 e. The Bertz CT molecular complexity index is 835. The van der Waals surface area contributed by atoms with Crippen molar-refractivity contribution in [3.63, 3.8) is 0 Å². The van der Waals surface area contributed by atoms with Crippen LogP contribution < -0.4 is 18.9 Å². The molecule has 7 nitrogen and oxygen atoms in total. The number of nitrogens with zero attached hydrogens (tertiary/aromatic N) is 1. The lowest BCUT2D eigenvalue weighted by molar-refractivity contribution is -0.385. The van der Waals surface area contributed by atoms with Gasteiger partial charge in [0.2, 0.25) is 5.75 Å². The van der Waals surface area contributed by atoms with Gasteiger partial charge in [0.15, 0.2) is 17.2 Å². The molecule has 0 fully saturated rings. The van der Waals surface area contributed by atoms with Gasteiger partial charge in [0.25, 0.3) is 0 Å². The maximum Gasteiger partial charge on any atom is 0.311 e. The lowest BCUT2D eigenvalue weighted by Gasteiger charge is -2.13. The first kappa shape index (κ1) is 20.1. The Balaban J connectivity index is 2.33. The fraction of sp³-hybridized carbons (Fsp3) is 0.300. The number of benzene rings is 2. The highest BCUT2D eigenvalue weighted by Crippen LogP contribution is 2.39. The van der Waals surface area contributed by atoms with Crippen LogP contribution in [-0.4, -0.2) is 33.4 Å². The minimum Gasteiger partial charge on any atom is -0.493 e. The van der Waals surface area contributed by atoms with Crippen molar-refractivity contribution in [1.29, 1.82) is 0 Å². The van der Waals surface area contributed by atoms with Gasteiger partial charge in [0.1, 0.15) is 0 Å². The number of nitro groups is 1. The predicted octanol–water partition coefficient (Wildman–Crippen LogP) is 4.28. The minimum absolute atomic E-state index is 0.0458. The van der Waals surface area contributed by atoms with Crippen LogP contribution in [0.25, 0.3) is 6.08 Å². The molecule has 0 spiro atoms. The summed E-state index contributed by atoms with van der Waals surface area (Å²) < 4.78 is 21.1. The third kappa shape index (κ3) is 4.69. The van der Waals surface area contributed by atoms with E-state index in [4.69, 9.17) is 18.9 Å². The van der Waals surface area contributed by atoms with E-state index < -0.39 is 4.92 Å². The quantitative estimate of drug-likeness (QED) is 0.508. The summed E-state index contributed by atoms with van der Waals surface area (Å²) in [6.07, 6.45) is 2.53. The molecule has 7 heteroatoms. The maximum absolute atomic E-state index is 11.2. The Morgan fingerprint density at radius 1 is 0.963 bits per heavy atom. The zero-order valence-electron chi connectivity index (χ0n) is 16.1. The van der Waals surface area contributed by atoms with Crippen LogP contribution in [0.3, 0.4) is 0 Å². The molecule has 0 aliphatic heterocycles. The number of hydrogen-bond donors (Lipinski definition) is 0. The molecule has 2 aromatic carbocycles. The minimum atomic E-state index is -0.444. The van der Waals surface area contributed by atoms with Gasteiger partial charge in [-0.2, -0.15) is 0 Å². The molecule has 0 saturated heterocycles. The Kier molecular flexibility index (Phi) is 6.65. The van der Waals surface area contributed by atoms with E-state index in [0.29, 0.717) is 23.7 Å². The highest BCUT2D eigenvalue weighted by atomic mass is 16.6. The predicted molar refractivity (Wildman–Crippen MR) is 103 cm³/mol. The van der Waals surface area contributed by atoms with Crippen molar-refractivity contribution in [2.45, 2.75) is 13.3 Å². The third-order valence-electron chi connectivity index (χ3n) is 4.02. The van der Waals surface area contributed by atoms with Gasteiger partial charge in [-0.1, -0.05) is 17.7 Å². The van der Waals surface area contributed by atoms with E-state index in [0.717, 1.165) is 16.7 Å². The maximum atomic E-state index is 11.2. The number of allylic oxidation sites excluding steroid dienone is 1. The molecule has 0 bridgehead atoms. The summed E-state index contributed by atoms with van der Waals surface area (Å²) in [7, 11) is 6.09. The average Bonchev–Trinajstić information content (AvgIpc) is 2.66. The van der Waals surface area contributed by atoms with Crippen molar-refractivity contribution < 1.29 is 23.9 Å². The molecule has 0 aromatic heterocycles. The van der Waals surface area contributed by atoms with Crippen molar-refractivity contribution in [1.82, 2.24) is 0 Å². The molecule has 0 aliphatic rings. The molecule has 0 atom stereocenters. The van der Waals surface area contributed by atoms with E-state index in [1.54, 1.807) is 27.4 Å². The third-order valence-corrected chi connectivity index (χ3v) is 4.02. The monoisotopic (exact) mass is 373 g/mol. The first-order valence-electron chi connectivity index (χ1n) is 8.22. The summed E-state index contributed by atoms with van der Waals surface area (Å²) in [4.78, 5) is 10.7. The Hall–Kier alpha value is -3.22. The fourth-order valence-electron chi connectivity index (χ4n) is 2.83. The van der Waals surface area contributed by atoms with Gasteiger partial charge in [0.05, 0.1) is 33.4 Å². The molecule has 0 N–H and O–H groups in total. The number of hydrogen-bond acceptors (Lipinski definition) is 6. The summed E-state index contributed by atoms with van der Waals surface area (Å²) in [6, 6.07) is 8.66. The van der Waals surface area contributed by atoms with E-state index in [-0.39, 0.29) is 11.4 Å². The Morgan fingerprint density at radius 3 is 2.04 bits per heavy atom. The molecule has 0 heterocycles. The molecular weight excluding hydrogens is 350 g/mol. The van der Waals surface area contributed by atoms with Crippen molar-refractivity contribution in [2.75, 3.05) is 28.4 Å². The highest BCUT2D eigenvalue weighted by Gasteiger charge is 2.16. The first-order chi connectivity index (χ1) is 12.9. The topological polar surface area (TPSA) is 80.1 Å². The molecule has 0 radical (unpaired) electrons. The second kappa shape index (κ2) is 8.93. The lowest BCUT2D eigenvalue weighted by atomic mass is 10.0. The van der Waals surface area contributed by atoms with E-state index in [2.05, 4.69) is 0 Å². The van der Waals surface area contributed by atoms with Gasteiger partial charge in [0, 0.05) is 6.07 Å². The van der Waals surface area contributed by atoms with E-state index in [1.165, 1.54) is 13.2 Å². The normalized spacial score (nSPS) is 11.1. The van der Waals surface area contributed by atoms with Gasteiger partial charge in [-0.05, 0) is 42.7 Å². The fourth-order valence-corrected chi connectivity index (χ4v) is 2.83. The van der Waals surface area contributed by atoms with Crippen LogP contribution in [-0.2, 0) is 6.42 Å². The van der Waals surface area contributed by atoms with E-state index in [1.807, 2.05) is 31.2 Å². The zero-order chi connectivity index (χ0) is 20.0. The molecule has 144 valence electrons. The van der Waals surface area contributed by atoms with Crippen LogP contribution in [0, 0.1) is 10.1 Å². The van der Waals surface area contributed by atoms with Crippen molar-refractivity contribution in [3.05, 3.63) is 57.1 Å². The lowest BCUT2D eigenvalue weighted by Crippen LogP contribution is -1.97. The average molecular weight is 373 g/mol. The summed E-state index contributed by atoms with van der Waals surface area (Å²) in [5, 5.41) is 11.2. The zero-order valence-corrected chi connectivity index (χ0v) is 16.1. The Labute approximate surface area is 158 Å². The Morgan fingerprint density at radius 2 is 1.56 bits per heavy atom. The number of rotatable bonds is 8. The molecule has 27 heavy (non-hydrogen) atoms. The van der Waals surface area contributed by atoms with Gasteiger partial charge in [-0.25, -0.2) is 0 Å². The van der Waals surface area contributed by atoms with Crippen molar-refractivity contribution in [3.8, 4) is 23.0 Å². The van der Waals surface area contributed by atoms with E-state index >= 15 is 0 Å². The number of nitro benzene ring substituents is 1. The van der Waals surface area contributed by atoms with Crippen LogP contribution in [0.4, 0.5) is 5.69 Å². The molecule has 2 aromatic rings. The van der Waals surface area contributed by atoms with Gasteiger partial charge in [-0.15, -0.1) is 0 Å². The summed E-state index contributed by atoms with van der Waals surface area (Å²) in [5.41, 5.74) is 2.67. The highest BCUT2D eigenvalue weighted by molar-refractivity contribution is 5.63. The number of ether oxygens (including phenoxy) is 4. The molecule has 0 unspecified atom stereocenters. The van der Waals surface area contributed by atoms with Crippen LogP contribution >= 0.6 is 0 Å². The summed E-state index contributed by atoms with van der Waals surface area (Å²) in [6.45, 7) is 1.96. The van der Waals surface area contributed by atoms with Crippen molar-refractivity contribution >= 4 is 11.8 Å². The van der Waals surface area contributed by atoms with Gasteiger partial charge >= 0.3 is 5.69 Å². The second-order valence-corrected chi connectivity index (χ2v) is 5.89. The molecule has 0 aliphatic carbocycles. The van der Waals surface area contributed by atoms with Crippen LogP contribution in [0.15, 0.2) is 35.9 Å². The first-order valence-corrected chi connectivity index (χ1v) is 8.22. The molecular formula is C20H23NO6. The van der Waals surface area contributed by atoms with E-state index in [9.17, 15) is 10.1 Å². The summed E-state index contributed by atoms with van der Waals surface area (Å²) >= 11 is 0. The van der Waals surface area contributed by atoms with Gasteiger partial charge in [-0.3, -0.25) is 10.1 Å². The molecule has 0 saturated carbocycles. The molecule has 0 amide bonds. The van der Waals surface area contributed by atoms with Crippen LogP contribution in [0.1, 0.15) is 18.1 Å². The standard InChI is InChI=1S/C20H23NO6/c1-13(8-14-6-7-17(24-2)16(10-14)21(22)23)9-15-11-18(25-3)20(27-5)19(12-15)26-4/h6-7,9-12H,8H2,1-5H3/b13-9+. The van der Waals surface area contributed by atoms with Crippen molar-refractivity contribution in [2.24, 2.45) is 0 Å². The van der Waals surface area contributed by atoms with Crippen LogP contribution in [0.2, 0.25) is 0 Å². The summed E-state index contributed by atoms with van der Waals surface area (Å²) in [5.74, 6) is 1.91.